The number of aromatic nitrogens is 2. The molecule has 13 heteroatoms. The highest BCUT2D eigenvalue weighted by Crippen LogP contribution is 2.39. The van der Waals surface area contributed by atoms with E-state index in [-0.39, 0.29) is 36.0 Å². The first-order valence-corrected chi connectivity index (χ1v) is 14.5. The van der Waals surface area contributed by atoms with Crippen LogP contribution in [-0.2, 0) is 19.3 Å². The fourth-order valence-corrected chi connectivity index (χ4v) is 6.46. The number of halogens is 3. The van der Waals surface area contributed by atoms with E-state index < -0.39 is 33.8 Å². The Kier molecular flexibility index (Phi) is 8.55. The molecule has 1 saturated heterocycles. The number of benzene rings is 1. The lowest BCUT2D eigenvalue weighted by Crippen LogP contribution is -2.44. The minimum atomic E-state index is -4.72. The zero-order valence-electron chi connectivity index (χ0n) is 22.6. The normalized spacial score (nSPS) is 21.0. The molecule has 0 spiro atoms. The molecule has 2 aromatic heterocycles. The van der Waals surface area contributed by atoms with Gasteiger partial charge in [-0.25, -0.2) is 9.19 Å². The topological polar surface area (TPSA) is 118 Å². The van der Waals surface area contributed by atoms with Crippen LogP contribution in [0.5, 0.6) is 5.88 Å². The van der Waals surface area contributed by atoms with E-state index in [1.165, 1.54) is 31.4 Å². The number of ether oxygens (including phenoxy) is 2. The summed E-state index contributed by atoms with van der Waals surface area (Å²) in [7, 11) is 1.45. The van der Waals surface area contributed by atoms with Crippen LogP contribution in [0.25, 0.3) is 11.0 Å². The maximum atomic E-state index is 14.2. The number of pyridine rings is 2. The van der Waals surface area contributed by atoms with Crippen molar-refractivity contribution < 1.29 is 31.6 Å². The molecule has 3 heterocycles. The van der Waals surface area contributed by atoms with Crippen LogP contribution in [-0.4, -0.2) is 63.9 Å². The van der Waals surface area contributed by atoms with Crippen molar-refractivity contribution in [2.24, 2.45) is 5.92 Å². The molecule has 3 aromatic rings. The van der Waals surface area contributed by atoms with E-state index in [2.05, 4.69) is 15.3 Å². The van der Waals surface area contributed by atoms with Crippen LogP contribution in [0, 0.1) is 10.7 Å². The Morgan fingerprint density at radius 1 is 1.15 bits per heavy atom. The summed E-state index contributed by atoms with van der Waals surface area (Å²) in [5.41, 5.74) is 2.88. The van der Waals surface area contributed by atoms with Crippen molar-refractivity contribution in [2.45, 2.75) is 38.1 Å². The summed E-state index contributed by atoms with van der Waals surface area (Å²) in [6.07, 6.45) is -3.21. The molecule has 9 nitrogen and oxygen atoms in total. The van der Waals surface area contributed by atoms with Crippen molar-refractivity contribution in [1.29, 1.82) is 4.78 Å². The lowest BCUT2D eigenvalue weighted by Gasteiger charge is -2.34. The van der Waals surface area contributed by atoms with Crippen molar-refractivity contribution in [2.75, 3.05) is 38.1 Å². The molecule has 0 saturated carbocycles. The first-order chi connectivity index (χ1) is 18.8. The minimum absolute atomic E-state index is 0.0178. The Balaban J connectivity index is 1.61. The van der Waals surface area contributed by atoms with E-state index in [1.54, 1.807) is 25.4 Å². The molecule has 1 amide bonds. The molecule has 40 heavy (non-hydrogen) atoms. The highest BCUT2D eigenvalue weighted by atomic mass is 32.2. The Morgan fingerprint density at radius 3 is 2.38 bits per heavy atom. The second kappa shape index (κ2) is 11.6. The van der Waals surface area contributed by atoms with Gasteiger partial charge in [0.15, 0.2) is 6.04 Å². The Hall–Kier alpha value is -3.45. The number of nitrogens with one attached hydrogen (secondary N) is 2. The lowest BCUT2D eigenvalue weighted by molar-refractivity contribution is -0.190. The van der Waals surface area contributed by atoms with Crippen LogP contribution in [0.15, 0.2) is 42.6 Å². The summed E-state index contributed by atoms with van der Waals surface area (Å²) in [6.45, 7) is 1.85. The minimum Gasteiger partial charge on any atom is -0.481 e. The van der Waals surface area contributed by atoms with Gasteiger partial charge in [0.05, 0.1) is 30.6 Å². The number of hydrogen-bond acceptors (Lipinski definition) is 8. The summed E-state index contributed by atoms with van der Waals surface area (Å²) >= 11 is 0. The molecule has 216 valence electrons. The van der Waals surface area contributed by atoms with Gasteiger partial charge in [-0.2, -0.15) is 13.2 Å². The molecular weight excluding hydrogens is 547 g/mol. The molecule has 0 radical (unpaired) electrons. The van der Waals surface area contributed by atoms with Crippen molar-refractivity contribution in [3.63, 3.8) is 0 Å². The maximum absolute atomic E-state index is 14.2. The van der Waals surface area contributed by atoms with Gasteiger partial charge in [-0.05, 0) is 43.5 Å². The van der Waals surface area contributed by atoms with Gasteiger partial charge in [0.25, 0.3) is 0 Å². The quantitative estimate of drug-likeness (QED) is 0.356. The van der Waals surface area contributed by atoms with Crippen molar-refractivity contribution in [3.8, 4) is 5.88 Å². The van der Waals surface area contributed by atoms with Crippen LogP contribution in [0.2, 0.25) is 0 Å². The van der Waals surface area contributed by atoms with Gasteiger partial charge in [-0.15, -0.1) is 0 Å². The third-order valence-corrected chi connectivity index (χ3v) is 8.98. The third-order valence-electron chi connectivity index (χ3n) is 7.19. The second-order valence-corrected chi connectivity index (χ2v) is 12.3. The fraction of sp³-hybridized carbons (Fsp3) is 0.444. The zero-order chi connectivity index (χ0) is 29.2. The summed E-state index contributed by atoms with van der Waals surface area (Å²) in [5, 5.41) is 3.20. The molecule has 0 unspecified atom stereocenters. The van der Waals surface area contributed by atoms with Crippen LogP contribution in [0.1, 0.15) is 43.0 Å². The largest absolute Gasteiger partial charge is 0.481 e. The number of rotatable bonds is 8. The highest BCUT2D eigenvalue weighted by molar-refractivity contribution is 7.92. The van der Waals surface area contributed by atoms with Crippen molar-refractivity contribution >= 4 is 38.0 Å². The number of anilines is 2. The van der Waals surface area contributed by atoms with Gasteiger partial charge < -0.3 is 19.7 Å². The van der Waals surface area contributed by atoms with Gasteiger partial charge in [-0.3, -0.25) is 14.6 Å². The van der Waals surface area contributed by atoms with Gasteiger partial charge in [-0.1, -0.05) is 12.1 Å². The Morgan fingerprint density at radius 2 is 1.80 bits per heavy atom. The fourth-order valence-electron chi connectivity index (χ4n) is 4.92. The molecule has 0 aliphatic carbocycles. The molecule has 2 atom stereocenters. The number of hydrogen-bond donors (Lipinski definition) is 2. The maximum Gasteiger partial charge on any atom is 0.413 e. The third kappa shape index (κ3) is 6.30. The Bertz CT molecular complexity index is 1470. The van der Waals surface area contributed by atoms with Crippen LogP contribution >= 0.6 is 0 Å². The standard InChI is InChI=1S/C27H32F3N5O4S/c1-16(38-3)23-21(15-32-20-9-10-22(39-4)34-24(20)23)33-19-7-5-17(6-8-19)25(27(28,29)30)35(2)26(36)18-11-13-40(31,37)14-12-18/h5-10,15-16,18,25,31,33H,11-14H2,1-4H3/t16-,18?,25-,40?/m0/s1. The second-order valence-electron chi connectivity index (χ2n) is 9.82. The van der Waals surface area contributed by atoms with Crippen LogP contribution in [0.3, 0.4) is 0 Å². The molecule has 0 bridgehead atoms. The van der Waals surface area contributed by atoms with Crippen LogP contribution < -0.4 is 10.1 Å². The molecule has 2 N–H and O–H groups in total. The van der Waals surface area contributed by atoms with Gasteiger partial charge in [0, 0.05) is 58.6 Å². The van der Waals surface area contributed by atoms with Crippen LogP contribution in [0.4, 0.5) is 24.5 Å². The monoisotopic (exact) mass is 579 g/mol. The van der Waals surface area contributed by atoms with Gasteiger partial charge >= 0.3 is 6.18 Å². The number of carbonyl (C=O) groups is 1. The summed E-state index contributed by atoms with van der Waals surface area (Å²) in [5.74, 6) is -0.917. The van der Waals surface area contributed by atoms with E-state index in [0.29, 0.717) is 33.9 Å². The smallest absolute Gasteiger partial charge is 0.413 e. The number of nitrogens with zero attached hydrogens (tertiary/aromatic N) is 3. The molecule has 1 aliphatic rings. The summed E-state index contributed by atoms with van der Waals surface area (Å²) in [6, 6.07) is 6.99. The molecule has 1 aromatic carbocycles. The number of carbonyl (C=O) groups excluding carboxylic acids is 1. The number of alkyl halides is 3. The number of fused-ring (bicyclic) bond motifs is 1. The number of amides is 1. The van der Waals surface area contributed by atoms with E-state index >= 15 is 0 Å². The molecule has 1 aliphatic heterocycles. The molecule has 4 rings (SSSR count). The zero-order valence-corrected chi connectivity index (χ0v) is 23.4. The SMILES string of the molecule is COc1ccc2ncc(Nc3ccc([C@H](N(C)C(=O)C4CCS(=N)(=O)CC4)C(F)(F)F)cc3)c([C@H](C)OC)c2n1. The molecular formula is C27H32F3N5O4S. The number of methoxy groups -OCH3 is 2. The van der Waals surface area contributed by atoms with Gasteiger partial charge in [0.2, 0.25) is 11.8 Å². The van der Waals surface area contributed by atoms with Crippen molar-refractivity contribution in [1.82, 2.24) is 14.9 Å². The first kappa shape index (κ1) is 29.5. The van der Waals surface area contributed by atoms with Crippen molar-refractivity contribution in [3.05, 3.63) is 53.7 Å². The summed E-state index contributed by atoms with van der Waals surface area (Å²) in [4.78, 5) is 22.7. The predicted molar refractivity (Wildman–Crippen MR) is 146 cm³/mol. The van der Waals surface area contributed by atoms with E-state index in [0.717, 1.165) is 11.9 Å². The molecule has 1 fully saturated rings. The predicted octanol–water partition coefficient (Wildman–Crippen LogP) is 5.61. The van der Waals surface area contributed by atoms with Gasteiger partial charge in [0.1, 0.15) is 5.52 Å². The van der Waals surface area contributed by atoms with E-state index in [1.807, 2.05) is 6.92 Å². The lowest BCUT2D eigenvalue weighted by atomic mass is 9.98. The highest BCUT2D eigenvalue weighted by Gasteiger charge is 2.46. The summed E-state index contributed by atoms with van der Waals surface area (Å²) < 4.78 is 73.1. The average Bonchev–Trinajstić information content (AvgIpc) is 2.92. The Labute approximate surface area is 231 Å². The average molecular weight is 580 g/mol. The van der Waals surface area contributed by atoms with E-state index in [9.17, 15) is 22.2 Å². The first-order valence-electron chi connectivity index (χ1n) is 12.7. The van der Waals surface area contributed by atoms with E-state index in [4.69, 9.17) is 14.3 Å².